The number of H-pyrrole nitrogens is 1. The van der Waals surface area contributed by atoms with Crippen LogP contribution in [-0.2, 0) is 6.54 Å². The Labute approximate surface area is 146 Å². The van der Waals surface area contributed by atoms with Gasteiger partial charge in [0, 0.05) is 40.9 Å². The van der Waals surface area contributed by atoms with Gasteiger partial charge in [-0.15, -0.1) is 0 Å². The van der Waals surface area contributed by atoms with E-state index < -0.39 is 0 Å². The Balaban J connectivity index is 1.53. The molecule has 4 nitrogen and oxygen atoms in total. The first-order valence-corrected chi connectivity index (χ1v) is 8.70. The van der Waals surface area contributed by atoms with Crippen LogP contribution in [0.25, 0.3) is 11.1 Å². The highest BCUT2D eigenvalue weighted by atomic mass is 35.5. The van der Waals surface area contributed by atoms with Crippen molar-refractivity contribution in [2.24, 2.45) is 0 Å². The topological polar surface area (TPSA) is 45.1 Å². The number of aromatic nitrogens is 2. The van der Waals surface area contributed by atoms with Crippen molar-refractivity contribution in [3.05, 3.63) is 65.3 Å². The normalized spacial score (nSPS) is 18.8. The summed E-state index contributed by atoms with van der Waals surface area (Å²) in [6.07, 6.45) is 7.88. The third kappa shape index (κ3) is 3.25. The van der Waals surface area contributed by atoms with E-state index in [1.807, 2.05) is 30.7 Å². The molecule has 1 aromatic carbocycles. The van der Waals surface area contributed by atoms with Crippen LogP contribution in [0.4, 0.5) is 0 Å². The number of rotatable bonds is 4. The van der Waals surface area contributed by atoms with Gasteiger partial charge in [-0.1, -0.05) is 23.7 Å². The Kier molecular flexibility index (Phi) is 4.41. The molecule has 124 valence electrons. The van der Waals surface area contributed by atoms with E-state index in [2.05, 4.69) is 27.2 Å². The number of halogens is 1. The largest absolute Gasteiger partial charge is 0.472 e. The highest BCUT2D eigenvalue weighted by Gasteiger charge is 2.25. The fourth-order valence-electron chi connectivity index (χ4n) is 3.54. The van der Waals surface area contributed by atoms with Crippen LogP contribution < -0.4 is 0 Å². The Morgan fingerprint density at radius 3 is 2.92 bits per heavy atom. The van der Waals surface area contributed by atoms with Crippen LogP contribution in [0.3, 0.4) is 0 Å². The number of furan rings is 1. The average molecular weight is 342 g/mol. The number of piperidine rings is 1. The number of hydrogen-bond donors (Lipinski definition) is 1. The van der Waals surface area contributed by atoms with Gasteiger partial charge < -0.3 is 4.42 Å². The Morgan fingerprint density at radius 1 is 1.25 bits per heavy atom. The summed E-state index contributed by atoms with van der Waals surface area (Å²) in [7, 11) is 0. The van der Waals surface area contributed by atoms with Crippen molar-refractivity contribution in [1.82, 2.24) is 15.1 Å². The summed E-state index contributed by atoms with van der Waals surface area (Å²) < 4.78 is 5.19. The number of nitrogens with one attached hydrogen (secondary N) is 1. The molecule has 3 heterocycles. The minimum absolute atomic E-state index is 0.471. The van der Waals surface area contributed by atoms with Gasteiger partial charge in [0.1, 0.15) is 0 Å². The molecule has 24 heavy (non-hydrogen) atoms. The molecule has 1 aliphatic heterocycles. The molecule has 5 heteroatoms. The number of likely N-dealkylation sites (tertiary alicyclic amines) is 1. The number of nitrogens with zero attached hydrogens (tertiary/aromatic N) is 2. The Morgan fingerprint density at radius 2 is 2.12 bits per heavy atom. The predicted molar refractivity (Wildman–Crippen MR) is 95.0 cm³/mol. The molecule has 0 bridgehead atoms. The molecule has 0 spiro atoms. The van der Waals surface area contributed by atoms with Crippen LogP contribution in [-0.4, -0.2) is 28.2 Å². The molecule has 1 unspecified atom stereocenters. The molecule has 3 aromatic rings. The highest BCUT2D eigenvalue weighted by molar-refractivity contribution is 6.30. The maximum atomic E-state index is 6.01. The van der Waals surface area contributed by atoms with E-state index in [9.17, 15) is 0 Å². The molecule has 0 saturated carbocycles. The Bertz CT molecular complexity index is 779. The van der Waals surface area contributed by atoms with Crippen LogP contribution in [0.5, 0.6) is 0 Å². The third-order valence-corrected chi connectivity index (χ3v) is 4.98. The molecule has 1 atom stereocenters. The van der Waals surface area contributed by atoms with E-state index in [0.717, 1.165) is 30.2 Å². The third-order valence-electron chi connectivity index (χ3n) is 4.72. The molecule has 0 radical (unpaired) electrons. The maximum absolute atomic E-state index is 6.01. The zero-order valence-electron chi connectivity index (χ0n) is 13.4. The second-order valence-electron chi connectivity index (χ2n) is 6.41. The summed E-state index contributed by atoms with van der Waals surface area (Å²) >= 11 is 6.01. The number of aromatic amines is 1. The van der Waals surface area contributed by atoms with E-state index in [-0.39, 0.29) is 0 Å². The van der Waals surface area contributed by atoms with E-state index >= 15 is 0 Å². The van der Waals surface area contributed by atoms with Crippen LogP contribution in [0.2, 0.25) is 5.02 Å². The van der Waals surface area contributed by atoms with Crippen LogP contribution in [0.1, 0.15) is 30.0 Å². The van der Waals surface area contributed by atoms with Gasteiger partial charge in [-0.3, -0.25) is 10.00 Å². The van der Waals surface area contributed by atoms with Crippen molar-refractivity contribution in [2.45, 2.75) is 25.3 Å². The van der Waals surface area contributed by atoms with Crippen molar-refractivity contribution in [3.63, 3.8) is 0 Å². The lowest BCUT2D eigenvalue weighted by molar-refractivity contribution is 0.198. The van der Waals surface area contributed by atoms with Crippen LogP contribution in [0.15, 0.2) is 53.5 Å². The smallest absolute Gasteiger partial charge is 0.0947 e. The minimum atomic E-state index is 0.471. The van der Waals surface area contributed by atoms with Gasteiger partial charge in [-0.05, 0) is 43.1 Å². The summed E-state index contributed by atoms with van der Waals surface area (Å²) in [6, 6.07) is 10.0. The predicted octanol–water partition coefficient (Wildman–Crippen LogP) is 4.70. The van der Waals surface area contributed by atoms with Gasteiger partial charge in [0.25, 0.3) is 0 Å². The number of benzene rings is 1. The molecule has 1 saturated heterocycles. The van der Waals surface area contributed by atoms with Gasteiger partial charge in [0.05, 0.1) is 18.7 Å². The summed E-state index contributed by atoms with van der Waals surface area (Å²) in [6.45, 7) is 3.11. The zero-order chi connectivity index (χ0) is 16.4. The van der Waals surface area contributed by atoms with Crippen molar-refractivity contribution >= 4 is 11.6 Å². The fraction of sp³-hybridized carbons (Fsp3) is 0.316. The molecule has 2 aromatic heterocycles. The molecular formula is C19H20ClN3O. The van der Waals surface area contributed by atoms with Gasteiger partial charge in [-0.25, -0.2) is 0 Å². The van der Waals surface area contributed by atoms with E-state index in [4.69, 9.17) is 16.0 Å². The molecule has 1 aliphatic rings. The molecule has 1 fully saturated rings. The first-order chi connectivity index (χ1) is 11.8. The monoisotopic (exact) mass is 341 g/mol. The quantitative estimate of drug-likeness (QED) is 0.748. The SMILES string of the molecule is Clc1ccc(-c2cn[nH]c2C2CCCN(Cc3ccoc3)C2)cc1. The summed E-state index contributed by atoms with van der Waals surface area (Å²) in [4.78, 5) is 2.49. The van der Waals surface area contributed by atoms with Crippen molar-refractivity contribution in [1.29, 1.82) is 0 Å². The molecule has 1 N–H and O–H groups in total. The van der Waals surface area contributed by atoms with Crippen LogP contribution in [0, 0.1) is 0 Å². The summed E-state index contributed by atoms with van der Waals surface area (Å²) in [5.41, 5.74) is 4.81. The van der Waals surface area contributed by atoms with Gasteiger partial charge in [-0.2, -0.15) is 5.10 Å². The van der Waals surface area contributed by atoms with Gasteiger partial charge in [0.15, 0.2) is 0 Å². The van der Waals surface area contributed by atoms with E-state index in [1.165, 1.54) is 29.7 Å². The lowest BCUT2D eigenvalue weighted by Crippen LogP contribution is -2.34. The molecular weight excluding hydrogens is 322 g/mol. The lowest BCUT2D eigenvalue weighted by atomic mass is 9.90. The maximum Gasteiger partial charge on any atom is 0.0947 e. The molecule has 0 aliphatic carbocycles. The minimum Gasteiger partial charge on any atom is -0.472 e. The average Bonchev–Trinajstić information content (AvgIpc) is 3.27. The van der Waals surface area contributed by atoms with E-state index in [0.29, 0.717) is 5.92 Å². The summed E-state index contributed by atoms with van der Waals surface area (Å²) in [5.74, 6) is 0.471. The zero-order valence-corrected chi connectivity index (χ0v) is 14.2. The van der Waals surface area contributed by atoms with E-state index in [1.54, 1.807) is 6.26 Å². The lowest BCUT2D eigenvalue weighted by Gasteiger charge is -2.32. The highest BCUT2D eigenvalue weighted by Crippen LogP contribution is 2.33. The molecule has 0 amide bonds. The van der Waals surface area contributed by atoms with Crippen molar-refractivity contribution < 1.29 is 4.42 Å². The van der Waals surface area contributed by atoms with Gasteiger partial charge in [0.2, 0.25) is 0 Å². The summed E-state index contributed by atoms with van der Waals surface area (Å²) in [5, 5.41) is 8.30. The standard InChI is InChI=1S/C19H20ClN3O/c20-17-5-3-15(4-6-17)18-10-21-22-19(18)16-2-1-8-23(12-16)11-14-7-9-24-13-14/h3-7,9-10,13,16H,1-2,8,11-12H2,(H,21,22). The van der Waals surface area contributed by atoms with Gasteiger partial charge >= 0.3 is 0 Å². The van der Waals surface area contributed by atoms with Crippen LogP contribution >= 0.6 is 11.6 Å². The fourth-order valence-corrected chi connectivity index (χ4v) is 3.67. The van der Waals surface area contributed by atoms with Crippen molar-refractivity contribution in [3.8, 4) is 11.1 Å². The first-order valence-electron chi connectivity index (χ1n) is 8.32. The molecule has 4 rings (SSSR count). The first kappa shape index (κ1) is 15.5. The van der Waals surface area contributed by atoms with Crippen molar-refractivity contribution in [2.75, 3.05) is 13.1 Å². The Hall–Kier alpha value is -2.04. The number of hydrogen-bond acceptors (Lipinski definition) is 3. The second kappa shape index (κ2) is 6.83. The second-order valence-corrected chi connectivity index (χ2v) is 6.85.